The van der Waals surface area contributed by atoms with Gasteiger partial charge in [0, 0.05) is 23.7 Å². The van der Waals surface area contributed by atoms with Gasteiger partial charge in [-0.2, -0.15) is 0 Å². The summed E-state index contributed by atoms with van der Waals surface area (Å²) in [5.41, 5.74) is 8.26. The van der Waals surface area contributed by atoms with Gasteiger partial charge in [0.25, 0.3) is 0 Å². The first-order valence-electron chi connectivity index (χ1n) is 6.21. The van der Waals surface area contributed by atoms with E-state index in [1.54, 1.807) is 11.3 Å². The van der Waals surface area contributed by atoms with Crippen LogP contribution < -0.4 is 10.6 Å². The highest BCUT2D eigenvalue weighted by atomic mass is 32.1. The Bertz CT molecular complexity index is 474. The van der Waals surface area contributed by atoms with E-state index in [0.29, 0.717) is 6.04 Å². The molecule has 2 rings (SSSR count). The highest BCUT2D eigenvalue weighted by molar-refractivity contribution is 7.10. The molecule has 0 aliphatic heterocycles. The van der Waals surface area contributed by atoms with Gasteiger partial charge in [0.15, 0.2) is 0 Å². The first-order valence-corrected chi connectivity index (χ1v) is 7.09. The van der Waals surface area contributed by atoms with Crippen molar-refractivity contribution in [1.82, 2.24) is 0 Å². The molecule has 0 aliphatic carbocycles. The van der Waals surface area contributed by atoms with Crippen molar-refractivity contribution in [3.05, 3.63) is 52.2 Å². The van der Waals surface area contributed by atoms with Crippen molar-refractivity contribution < 1.29 is 0 Å². The van der Waals surface area contributed by atoms with Gasteiger partial charge in [0.2, 0.25) is 0 Å². The molecule has 2 nitrogen and oxygen atoms in total. The minimum Gasteiger partial charge on any atom is -0.367 e. The van der Waals surface area contributed by atoms with Crippen LogP contribution in [0.3, 0.4) is 0 Å². The average Bonchev–Trinajstić information content (AvgIpc) is 2.91. The van der Waals surface area contributed by atoms with E-state index in [-0.39, 0.29) is 6.04 Å². The van der Waals surface area contributed by atoms with E-state index >= 15 is 0 Å². The Balaban J connectivity index is 2.16. The predicted molar refractivity (Wildman–Crippen MR) is 80.2 cm³/mol. The summed E-state index contributed by atoms with van der Waals surface area (Å²) in [5.74, 6) is 0. The van der Waals surface area contributed by atoms with E-state index in [1.807, 2.05) is 6.92 Å². The number of nitrogens with two attached hydrogens (primary N) is 1. The quantitative estimate of drug-likeness (QED) is 0.901. The monoisotopic (exact) mass is 260 g/mol. The van der Waals surface area contributed by atoms with Crippen molar-refractivity contribution in [3.63, 3.8) is 0 Å². The third-order valence-electron chi connectivity index (χ3n) is 3.36. The average molecular weight is 260 g/mol. The van der Waals surface area contributed by atoms with Crippen LogP contribution in [0.25, 0.3) is 0 Å². The fourth-order valence-electron chi connectivity index (χ4n) is 1.96. The van der Waals surface area contributed by atoms with Gasteiger partial charge in [-0.1, -0.05) is 18.2 Å². The molecule has 0 bridgehead atoms. The van der Waals surface area contributed by atoms with E-state index in [9.17, 15) is 0 Å². The maximum absolute atomic E-state index is 5.86. The lowest BCUT2D eigenvalue weighted by Crippen LogP contribution is -2.20. The number of hydrogen-bond donors (Lipinski definition) is 1. The summed E-state index contributed by atoms with van der Waals surface area (Å²) in [6, 6.07) is 13.3. The van der Waals surface area contributed by atoms with Crippen LogP contribution >= 0.6 is 11.3 Å². The molecule has 0 fully saturated rings. The number of nitrogens with zero attached hydrogens (tertiary/aromatic N) is 1. The molecule has 1 heterocycles. The molecule has 0 saturated heterocycles. The molecule has 96 valence electrons. The largest absolute Gasteiger partial charge is 0.367 e. The molecule has 1 unspecified atom stereocenters. The topological polar surface area (TPSA) is 29.3 Å². The fraction of sp³-hybridized carbons (Fsp3) is 0.333. The summed E-state index contributed by atoms with van der Waals surface area (Å²) in [7, 11) is 2.13. The Morgan fingerprint density at radius 3 is 2.28 bits per heavy atom. The molecule has 18 heavy (non-hydrogen) atoms. The first kappa shape index (κ1) is 13.1. The van der Waals surface area contributed by atoms with Crippen molar-refractivity contribution in [2.75, 3.05) is 11.9 Å². The van der Waals surface area contributed by atoms with Crippen molar-refractivity contribution in [3.8, 4) is 0 Å². The van der Waals surface area contributed by atoms with Gasteiger partial charge in [-0.3, -0.25) is 0 Å². The summed E-state index contributed by atoms with van der Waals surface area (Å²) >= 11 is 1.80. The Hall–Kier alpha value is -1.32. The molecular formula is C15H20N2S. The third-order valence-corrected chi connectivity index (χ3v) is 4.40. The Labute approximate surface area is 113 Å². The molecule has 1 aromatic carbocycles. The molecule has 0 amide bonds. The minimum absolute atomic E-state index is 0.0964. The lowest BCUT2D eigenvalue weighted by Gasteiger charge is -2.26. The maximum Gasteiger partial charge on any atom is 0.0603 e. The van der Waals surface area contributed by atoms with Crippen LogP contribution in [0.5, 0.6) is 0 Å². The van der Waals surface area contributed by atoms with Gasteiger partial charge in [-0.05, 0) is 43.0 Å². The lowest BCUT2D eigenvalue weighted by molar-refractivity contribution is 0.752. The number of rotatable bonds is 4. The second-order valence-electron chi connectivity index (χ2n) is 4.68. The van der Waals surface area contributed by atoms with Gasteiger partial charge < -0.3 is 10.6 Å². The summed E-state index contributed by atoms with van der Waals surface area (Å²) in [4.78, 5) is 3.67. The van der Waals surface area contributed by atoms with Gasteiger partial charge in [0.05, 0.1) is 6.04 Å². The zero-order chi connectivity index (χ0) is 13.1. The van der Waals surface area contributed by atoms with Crippen LogP contribution in [-0.4, -0.2) is 7.05 Å². The second kappa shape index (κ2) is 5.55. The maximum atomic E-state index is 5.86. The molecule has 2 atom stereocenters. The minimum atomic E-state index is 0.0964. The summed E-state index contributed by atoms with van der Waals surface area (Å²) in [5, 5.41) is 2.12. The van der Waals surface area contributed by atoms with Gasteiger partial charge in [-0.25, -0.2) is 0 Å². The van der Waals surface area contributed by atoms with Crippen molar-refractivity contribution in [2.24, 2.45) is 5.73 Å². The normalized spacial score (nSPS) is 14.2. The Morgan fingerprint density at radius 1 is 1.11 bits per heavy atom. The highest BCUT2D eigenvalue weighted by Crippen LogP contribution is 2.28. The van der Waals surface area contributed by atoms with E-state index in [1.165, 1.54) is 16.1 Å². The molecule has 0 aliphatic rings. The van der Waals surface area contributed by atoms with Crippen LogP contribution in [0.1, 0.15) is 36.4 Å². The molecule has 0 saturated carbocycles. The molecule has 1 aromatic heterocycles. The number of anilines is 1. The lowest BCUT2D eigenvalue weighted by atomic mass is 10.1. The van der Waals surface area contributed by atoms with Crippen LogP contribution in [0.2, 0.25) is 0 Å². The second-order valence-corrected chi connectivity index (χ2v) is 5.66. The van der Waals surface area contributed by atoms with Crippen molar-refractivity contribution in [2.45, 2.75) is 25.9 Å². The van der Waals surface area contributed by atoms with Crippen molar-refractivity contribution >= 4 is 17.0 Å². The van der Waals surface area contributed by atoms with Crippen LogP contribution in [0.4, 0.5) is 5.69 Å². The highest BCUT2D eigenvalue weighted by Gasteiger charge is 2.13. The number of thiophene rings is 1. The van der Waals surface area contributed by atoms with Gasteiger partial charge in [0.1, 0.15) is 0 Å². The fourth-order valence-corrected chi connectivity index (χ4v) is 2.78. The molecule has 2 N–H and O–H groups in total. The Kier molecular flexibility index (Phi) is 4.04. The molecular weight excluding hydrogens is 240 g/mol. The summed E-state index contributed by atoms with van der Waals surface area (Å²) in [6.45, 7) is 4.23. The zero-order valence-corrected chi connectivity index (χ0v) is 11.9. The van der Waals surface area contributed by atoms with E-state index in [0.717, 1.165) is 0 Å². The third kappa shape index (κ3) is 2.74. The number of benzene rings is 1. The van der Waals surface area contributed by atoms with Crippen molar-refractivity contribution in [1.29, 1.82) is 0 Å². The van der Waals surface area contributed by atoms with Crippen LogP contribution in [0.15, 0.2) is 41.8 Å². The first-order chi connectivity index (χ1) is 8.59. The molecule has 0 spiro atoms. The zero-order valence-electron chi connectivity index (χ0n) is 11.1. The smallest absolute Gasteiger partial charge is 0.0603 e. The molecule has 0 radical (unpaired) electrons. The van der Waals surface area contributed by atoms with Gasteiger partial charge >= 0.3 is 0 Å². The van der Waals surface area contributed by atoms with E-state index < -0.39 is 0 Å². The van der Waals surface area contributed by atoms with E-state index in [2.05, 4.69) is 60.6 Å². The van der Waals surface area contributed by atoms with E-state index in [4.69, 9.17) is 5.73 Å². The number of hydrogen-bond acceptors (Lipinski definition) is 3. The van der Waals surface area contributed by atoms with Crippen LogP contribution in [0, 0.1) is 0 Å². The predicted octanol–water partition coefficient (Wildman–Crippen LogP) is 3.97. The summed E-state index contributed by atoms with van der Waals surface area (Å²) < 4.78 is 0. The Morgan fingerprint density at radius 2 is 1.78 bits per heavy atom. The molecule has 2 aromatic rings. The van der Waals surface area contributed by atoms with Gasteiger partial charge in [-0.15, -0.1) is 11.3 Å². The summed E-state index contributed by atoms with van der Waals surface area (Å²) in [6.07, 6.45) is 0. The standard InChI is InChI=1S/C15H20N2S/c1-11(16)13-6-8-14(9-7-13)17(3)12(2)15-5-4-10-18-15/h4-12H,16H2,1-3H3/t11-,12?/m1/s1. The van der Waals surface area contributed by atoms with Crippen LogP contribution in [-0.2, 0) is 0 Å². The molecule has 3 heteroatoms. The SMILES string of the molecule is CC(c1cccs1)N(C)c1ccc([C@@H](C)N)cc1.